The predicted octanol–water partition coefficient (Wildman–Crippen LogP) is 4.28. The molecule has 1 saturated heterocycles. The van der Waals surface area contributed by atoms with Crippen molar-refractivity contribution >= 4 is 34.9 Å². The fraction of sp³-hybridized carbons (Fsp3) is 0.588. The van der Waals surface area contributed by atoms with Crippen LogP contribution in [0.25, 0.3) is 11.0 Å². The van der Waals surface area contributed by atoms with E-state index in [4.69, 9.17) is 14.2 Å². The van der Waals surface area contributed by atoms with E-state index in [9.17, 15) is 23.6 Å². The summed E-state index contributed by atoms with van der Waals surface area (Å²) in [6.45, 7) is 8.78. The summed E-state index contributed by atoms with van der Waals surface area (Å²) in [6.07, 6.45) is 6.46. The van der Waals surface area contributed by atoms with Gasteiger partial charge in [0.15, 0.2) is 0 Å². The van der Waals surface area contributed by atoms with Crippen LogP contribution in [0.4, 0.5) is 9.18 Å². The zero-order valence-electron chi connectivity index (χ0n) is 27.6. The molecular weight excluding hydrogens is 609 g/mol. The number of aromatic nitrogens is 2. The highest BCUT2D eigenvalue weighted by Crippen LogP contribution is 2.46. The molecule has 3 heterocycles. The summed E-state index contributed by atoms with van der Waals surface area (Å²) in [5.41, 5.74) is -0.743. The summed E-state index contributed by atoms with van der Waals surface area (Å²) in [6, 6.07) is 2.10. The lowest BCUT2D eigenvalue weighted by molar-refractivity contribution is -0.150. The number of ether oxygens (including phenoxy) is 3. The fourth-order valence-corrected chi connectivity index (χ4v) is 6.21. The van der Waals surface area contributed by atoms with Gasteiger partial charge in [0.1, 0.15) is 40.8 Å². The Labute approximate surface area is 273 Å². The van der Waals surface area contributed by atoms with Crippen LogP contribution in [-0.2, 0) is 23.9 Å². The molecule has 47 heavy (non-hydrogen) atoms. The third kappa shape index (κ3) is 7.99. The molecule has 5 rings (SSSR count). The Balaban J connectivity index is 1.45. The topological polar surface area (TPSA) is 149 Å². The number of benzene rings is 1. The molecule has 12 nitrogen and oxygen atoms in total. The van der Waals surface area contributed by atoms with Crippen LogP contribution in [0, 0.1) is 18.7 Å². The average molecular weight is 654 g/mol. The van der Waals surface area contributed by atoms with Crippen LogP contribution in [0.15, 0.2) is 30.4 Å². The number of halogens is 1. The summed E-state index contributed by atoms with van der Waals surface area (Å²) >= 11 is 0. The maximum Gasteiger partial charge on any atom is 0.408 e. The van der Waals surface area contributed by atoms with Crippen molar-refractivity contribution in [1.29, 1.82) is 0 Å². The molecule has 5 atom stereocenters. The average Bonchev–Trinajstić information content (AvgIpc) is 3.52. The van der Waals surface area contributed by atoms with Gasteiger partial charge in [0.2, 0.25) is 17.7 Å². The van der Waals surface area contributed by atoms with E-state index >= 15 is 0 Å². The first-order valence-electron chi connectivity index (χ1n) is 16.4. The lowest BCUT2D eigenvalue weighted by Gasteiger charge is -2.30. The molecule has 0 bridgehead atoms. The van der Waals surface area contributed by atoms with E-state index in [2.05, 4.69) is 20.6 Å². The number of nitrogens with zero attached hydrogens (tertiary/aromatic N) is 3. The monoisotopic (exact) mass is 653 g/mol. The van der Waals surface area contributed by atoms with Crippen LogP contribution >= 0.6 is 0 Å². The van der Waals surface area contributed by atoms with E-state index in [0.29, 0.717) is 36.0 Å². The third-order valence-electron chi connectivity index (χ3n) is 8.61. The largest absolute Gasteiger partial charge is 0.471 e. The van der Waals surface area contributed by atoms with Gasteiger partial charge < -0.3 is 29.7 Å². The molecule has 2 aliphatic heterocycles. The lowest BCUT2D eigenvalue weighted by atomic mass is 10.0. The first kappa shape index (κ1) is 34.1. The zero-order chi connectivity index (χ0) is 33.9. The van der Waals surface area contributed by atoms with Crippen molar-refractivity contribution in [2.24, 2.45) is 5.92 Å². The van der Waals surface area contributed by atoms with Gasteiger partial charge >= 0.3 is 12.1 Å². The van der Waals surface area contributed by atoms with Crippen LogP contribution in [0.2, 0.25) is 0 Å². The summed E-state index contributed by atoms with van der Waals surface area (Å²) in [4.78, 5) is 64.6. The summed E-state index contributed by atoms with van der Waals surface area (Å²) < 4.78 is 31.0. The van der Waals surface area contributed by atoms with E-state index in [1.165, 1.54) is 23.1 Å². The minimum Gasteiger partial charge on any atom is -0.471 e. The molecule has 1 aromatic heterocycles. The van der Waals surface area contributed by atoms with Gasteiger partial charge in [-0.2, -0.15) is 0 Å². The molecule has 254 valence electrons. The summed E-state index contributed by atoms with van der Waals surface area (Å²) in [7, 11) is 0. The number of carbonyl (C=O) groups excluding carboxylic acids is 4. The first-order chi connectivity index (χ1) is 22.3. The molecule has 13 heteroatoms. The van der Waals surface area contributed by atoms with E-state index in [1.807, 2.05) is 12.2 Å². The third-order valence-corrected chi connectivity index (χ3v) is 8.61. The minimum absolute atomic E-state index is 0.00145. The molecule has 2 fully saturated rings. The maximum atomic E-state index is 14.2. The van der Waals surface area contributed by atoms with Crippen molar-refractivity contribution in [1.82, 2.24) is 25.5 Å². The number of hydrogen-bond acceptors (Lipinski definition) is 9. The lowest BCUT2D eigenvalue weighted by Crippen LogP contribution is -2.56. The molecule has 0 unspecified atom stereocenters. The Morgan fingerprint density at radius 2 is 1.94 bits per heavy atom. The molecular formula is C34H44FN5O7. The molecule has 0 radical (unpaired) electrons. The maximum absolute atomic E-state index is 14.2. The van der Waals surface area contributed by atoms with E-state index < -0.39 is 59.0 Å². The van der Waals surface area contributed by atoms with Crippen molar-refractivity contribution in [2.45, 2.75) is 109 Å². The van der Waals surface area contributed by atoms with Crippen LogP contribution in [0.1, 0.15) is 78.3 Å². The SMILES string of the molecule is CCOC(=O)[C@@]12C[C@H]1/C=C\CCCCC[C@H](NC(=O)OC(C)(C)C)C(=O)N1C[C@H](Oc3nc4cc(F)ccc4nc3C)C[C@H]1C(=O)N2. The van der Waals surface area contributed by atoms with Gasteiger partial charge in [-0.1, -0.05) is 25.0 Å². The molecule has 2 aromatic rings. The first-order valence-corrected chi connectivity index (χ1v) is 16.4. The second-order valence-corrected chi connectivity index (χ2v) is 13.5. The number of nitrogens with one attached hydrogen (secondary N) is 2. The summed E-state index contributed by atoms with van der Waals surface area (Å²) in [5, 5.41) is 5.66. The Kier molecular flexibility index (Phi) is 10.0. The van der Waals surface area contributed by atoms with Crippen LogP contribution in [0.3, 0.4) is 0 Å². The van der Waals surface area contributed by atoms with Crippen molar-refractivity contribution in [3.63, 3.8) is 0 Å². The molecule has 1 aliphatic carbocycles. The number of alkyl carbamates (subject to hydrolysis) is 1. The predicted molar refractivity (Wildman–Crippen MR) is 170 cm³/mol. The quantitative estimate of drug-likeness (QED) is 0.356. The fourth-order valence-electron chi connectivity index (χ4n) is 6.21. The summed E-state index contributed by atoms with van der Waals surface area (Å²) in [5.74, 6) is -2.05. The highest BCUT2D eigenvalue weighted by atomic mass is 19.1. The number of aryl methyl sites for hydroxylation is 1. The second-order valence-electron chi connectivity index (χ2n) is 13.5. The van der Waals surface area contributed by atoms with Gasteiger partial charge in [0, 0.05) is 18.4 Å². The molecule has 0 spiro atoms. The second kappa shape index (κ2) is 13.8. The van der Waals surface area contributed by atoms with Gasteiger partial charge in [0.25, 0.3) is 0 Å². The van der Waals surface area contributed by atoms with Crippen molar-refractivity contribution in [3.05, 3.63) is 41.9 Å². The number of amides is 3. The zero-order valence-corrected chi connectivity index (χ0v) is 27.6. The number of allylic oxidation sites excluding steroid dienone is 1. The van der Waals surface area contributed by atoms with Gasteiger partial charge in [-0.05, 0) is 72.4 Å². The molecule has 3 aliphatic rings. The molecule has 1 saturated carbocycles. The number of esters is 1. The number of fused-ring (bicyclic) bond motifs is 3. The van der Waals surface area contributed by atoms with Crippen molar-refractivity contribution in [3.8, 4) is 5.88 Å². The smallest absolute Gasteiger partial charge is 0.408 e. The Hall–Kier alpha value is -4.29. The van der Waals surface area contributed by atoms with Crippen LogP contribution in [0.5, 0.6) is 5.88 Å². The Bertz CT molecular complexity index is 1560. The number of hydrogen-bond donors (Lipinski definition) is 2. The number of carbonyl (C=O) groups is 4. The van der Waals surface area contributed by atoms with E-state index in [-0.39, 0.29) is 31.4 Å². The molecule has 3 amide bonds. The van der Waals surface area contributed by atoms with Crippen LogP contribution in [-0.4, -0.2) is 81.2 Å². The van der Waals surface area contributed by atoms with Crippen molar-refractivity contribution < 1.29 is 37.8 Å². The standard InChI is InChI=1S/C34H44FN5O7/c1-6-45-31(43)34-18-21(34)12-10-8-7-9-11-13-25(38-32(44)47-33(3,4)5)30(42)40-19-23(17-27(40)28(41)39-34)46-29-20(2)36-24-15-14-22(35)16-26(24)37-29/h10,12,14-16,21,23,25,27H,6-9,11,13,17-19H2,1-5H3,(H,38,44)(H,39,41)/b12-10-/t21-,23-,25+,27+,34-/m1/s1. The minimum atomic E-state index is -1.23. The van der Waals surface area contributed by atoms with Gasteiger partial charge in [-0.25, -0.2) is 23.9 Å². The van der Waals surface area contributed by atoms with E-state index in [0.717, 1.165) is 19.3 Å². The molecule has 1 aromatic carbocycles. The van der Waals surface area contributed by atoms with Gasteiger partial charge in [-0.3, -0.25) is 9.59 Å². The Morgan fingerprint density at radius 3 is 2.68 bits per heavy atom. The van der Waals surface area contributed by atoms with Gasteiger partial charge in [0.05, 0.1) is 24.2 Å². The van der Waals surface area contributed by atoms with Gasteiger partial charge in [-0.15, -0.1) is 0 Å². The normalized spacial score (nSPS) is 27.4. The highest BCUT2D eigenvalue weighted by molar-refractivity contribution is 5.96. The van der Waals surface area contributed by atoms with Crippen LogP contribution < -0.4 is 15.4 Å². The number of rotatable bonds is 5. The van der Waals surface area contributed by atoms with Crippen molar-refractivity contribution in [2.75, 3.05) is 13.2 Å². The van der Waals surface area contributed by atoms with E-state index in [1.54, 1.807) is 34.6 Å². The Morgan fingerprint density at radius 1 is 1.15 bits per heavy atom. The molecule has 2 N–H and O–H groups in total. The highest BCUT2D eigenvalue weighted by Gasteiger charge is 2.62.